The first-order valence-electron chi connectivity index (χ1n) is 6.00. The first-order chi connectivity index (χ1) is 8.79. The summed E-state index contributed by atoms with van der Waals surface area (Å²) in [5.74, 6) is 0. The number of pyridine rings is 1. The Bertz CT molecular complexity index is 606. The maximum atomic E-state index is 9.30. The van der Waals surface area contributed by atoms with Crippen molar-refractivity contribution >= 4 is 16.3 Å². The molecule has 0 radical (unpaired) electrons. The van der Waals surface area contributed by atoms with Gasteiger partial charge in [-0.05, 0) is 43.0 Å². The summed E-state index contributed by atoms with van der Waals surface area (Å²) in [5, 5.41) is 13.8. The van der Waals surface area contributed by atoms with Gasteiger partial charge < -0.3 is 5.32 Å². The Balaban J connectivity index is 2.05. The van der Waals surface area contributed by atoms with E-state index in [-0.39, 0.29) is 0 Å². The fourth-order valence-corrected chi connectivity index (χ4v) is 3.18. The van der Waals surface area contributed by atoms with Crippen LogP contribution < -0.4 is 5.32 Å². The number of anilines is 1. The molecule has 0 unspecified atom stereocenters. The summed E-state index contributed by atoms with van der Waals surface area (Å²) < 4.78 is 0. The first-order valence-corrected chi connectivity index (χ1v) is 6.81. The average molecular weight is 255 g/mol. The molecular formula is C14H13N3S. The van der Waals surface area contributed by atoms with Gasteiger partial charge in [-0.25, -0.2) is 0 Å². The second-order valence-electron chi connectivity index (χ2n) is 4.53. The van der Waals surface area contributed by atoms with Crippen LogP contribution in [0, 0.1) is 18.3 Å². The van der Waals surface area contributed by atoms with Gasteiger partial charge >= 0.3 is 0 Å². The van der Waals surface area contributed by atoms with Gasteiger partial charge in [-0.1, -0.05) is 0 Å². The predicted molar refractivity (Wildman–Crippen MR) is 73.6 cm³/mol. The van der Waals surface area contributed by atoms with Crippen molar-refractivity contribution in [3.63, 3.8) is 0 Å². The van der Waals surface area contributed by atoms with Crippen molar-refractivity contribution in [2.75, 3.05) is 5.32 Å². The topological polar surface area (TPSA) is 48.7 Å². The molecule has 0 amide bonds. The lowest BCUT2D eigenvalue weighted by atomic mass is 10.1. The number of nitrogens with one attached hydrogen (secondary N) is 1. The molecule has 1 aliphatic rings. The van der Waals surface area contributed by atoms with Gasteiger partial charge in [0.15, 0.2) is 0 Å². The van der Waals surface area contributed by atoms with Crippen molar-refractivity contribution < 1.29 is 0 Å². The lowest BCUT2D eigenvalue weighted by molar-refractivity contribution is 1.16. The maximum Gasteiger partial charge on any atom is 0.107 e. The van der Waals surface area contributed by atoms with Crippen LogP contribution in [0.4, 0.5) is 5.00 Å². The predicted octanol–water partition coefficient (Wildman–Crippen LogP) is 3.56. The van der Waals surface area contributed by atoms with Gasteiger partial charge in [0.1, 0.15) is 11.1 Å². The van der Waals surface area contributed by atoms with Crippen LogP contribution in [0.5, 0.6) is 0 Å². The van der Waals surface area contributed by atoms with E-state index in [1.165, 1.54) is 12.8 Å². The van der Waals surface area contributed by atoms with Crippen molar-refractivity contribution in [2.45, 2.75) is 25.8 Å². The standard InChI is InChI=1S/C14H13N3S/c1-9-12(8-15)14(17-11-2-3-11)18-13(9)10-4-6-16-7-5-10/h4-7,11,17H,2-3H2,1H3. The highest BCUT2D eigenvalue weighted by Gasteiger charge is 2.24. The molecule has 2 aromatic heterocycles. The smallest absolute Gasteiger partial charge is 0.107 e. The molecule has 3 nitrogen and oxygen atoms in total. The molecule has 0 aromatic carbocycles. The number of nitrogens with zero attached hydrogens (tertiary/aromatic N) is 2. The van der Waals surface area contributed by atoms with Gasteiger partial charge in [-0.15, -0.1) is 11.3 Å². The van der Waals surface area contributed by atoms with Gasteiger partial charge in [-0.3, -0.25) is 4.98 Å². The zero-order chi connectivity index (χ0) is 12.5. The molecule has 18 heavy (non-hydrogen) atoms. The van der Waals surface area contributed by atoms with Crippen LogP contribution in [-0.2, 0) is 0 Å². The molecule has 0 saturated heterocycles. The molecule has 2 heterocycles. The van der Waals surface area contributed by atoms with Gasteiger partial charge in [0, 0.05) is 23.3 Å². The van der Waals surface area contributed by atoms with E-state index in [0.29, 0.717) is 6.04 Å². The molecule has 1 saturated carbocycles. The molecular weight excluding hydrogens is 242 g/mol. The molecule has 4 heteroatoms. The van der Waals surface area contributed by atoms with Crippen LogP contribution in [-0.4, -0.2) is 11.0 Å². The van der Waals surface area contributed by atoms with E-state index in [1.807, 2.05) is 19.1 Å². The maximum absolute atomic E-state index is 9.30. The number of nitriles is 1. The zero-order valence-electron chi connectivity index (χ0n) is 10.1. The lowest BCUT2D eigenvalue weighted by Crippen LogP contribution is -1.99. The number of rotatable bonds is 3. The molecule has 0 atom stereocenters. The van der Waals surface area contributed by atoms with Crippen molar-refractivity contribution in [3.8, 4) is 16.5 Å². The van der Waals surface area contributed by atoms with E-state index in [4.69, 9.17) is 0 Å². The summed E-state index contributed by atoms with van der Waals surface area (Å²) in [6.07, 6.45) is 6.00. The zero-order valence-corrected chi connectivity index (χ0v) is 10.9. The summed E-state index contributed by atoms with van der Waals surface area (Å²) in [4.78, 5) is 5.20. The third kappa shape index (κ3) is 1.98. The largest absolute Gasteiger partial charge is 0.373 e. The van der Waals surface area contributed by atoms with Crippen molar-refractivity contribution in [2.24, 2.45) is 0 Å². The van der Waals surface area contributed by atoms with Crippen LogP contribution in [0.2, 0.25) is 0 Å². The molecule has 2 aromatic rings. The highest BCUT2D eigenvalue weighted by atomic mass is 32.1. The third-order valence-corrected chi connectivity index (χ3v) is 4.39. The molecule has 1 N–H and O–H groups in total. The summed E-state index contributed by atoms with van der Waals surface area (Å²) in [6, 6.07) is 6.86. The Morgan fingerprint density at radius 3 is 2.72 bits per heavy atom. The quantitative estimate of drug-likeness (QED) is 0.912. The van der Waals surface area contributed by atoms with Crippen molar-refractivity contribution in [3.05, 3.63) is 35.7 Å². The number of thiophene rings is 1. The monoisotopic (exact) mass is 255 g/mol. The molecule has 0 spiro atoms. The van der Waals surface area contributed by atoms with E-state index in [2.05, 4.69) is 16.4 Å². The minimum absolute atomic E-state index is 0.570. The summed E-state index contributed by atoms with van der Waals surface area (Å²) >= 11 is 1.67. The van der Waals surface area contributed by atoms with E-state index in [1.54, 1.807) is 23.7 Å². The van der Waals surface area contributed by atoms with Crippen LogP contribution >= 0.6 is 11.3 Å². The van der Waals surface area contributed by atoms with Crippen molar-refractivity contribution in [1.29, 1.82) is 5.26 Å². The number of aromatic nitrogens is 1. The molecule has 1 fully saturated rings. The Morgan fingerprint density at radius 2 is 2.11 bits per heavy atom. The first kappa shape index (κ1) is 11.2. The minimum Gasteiger partial charge on any atom is -0.373 e. The number of hydrogen-bond acceptors (Lipinski definition) is 4. The Kier molecular flexibility index (Phi) is 2.77. The van der Waals surface area contributed by atoms with Gasteiger partial charge in [-0.2, -0.15) is 5.26 Å². The van der Waals surface area contributed by atoms with E-state index >= 15 is 0 Å². The fraction of sp³-hybridized carbons (Fsp3) is 0.286. The molecule has 0 aliphatic heterocycles. The van der Waals surface area contributed by atoms with Crippen LogP contribution in [0.1, 0.15) is 24.0 Å². The highest BCUT2D eigenvalue weighted by Crippen LogP contribution is 2.41. The van der Waals surface area contributed by atoms with Gasteiger partial charge in [0.2, 0.25) is 0 Å². The minimum atomic E-state index is 0.570. The van der Waals surface area contributed by atoms with Gasteiger partial charge in [0.25, 0.3) is 0 Å². The van der Waals surface area contributed by atoms with E-state index in [0.717, 1.165) is 26.6 Å². The molecule has 1 aliphatic carbocycles. The third-order valence-electron chi connectivity index (χ3n) is 3.11. The van der Waals surface area contributed by atoms with E-state index in [9.17, 15) is 5.26 Å². The van der Waals surface area contributed by atoms with Crippen LogP contribution in [0.3, 0.4) is 0 Å². The number of hydrogen-bond donors (Lipinski definition) is 1. The van der Waals surface area contributed by atoms with Crippen molar-refractivity contribution in [1.82, 2.24) is 4.98 Å². The van der Waals surface area contributed by atoms with E-state index < -0.39 is 0 Å². The van der Waals surface area contributed by atoms with Gasteiger partial charge in [0.05, 0.1) is 5.56 Å². The summed E-state index contributed by atoms with van der Waals surface area (Å²) in [5.41, 5.74) is 2.99. The summed E-state index contributed by atoms with van der Waals surface area (Å²) in [7, 11) is 0. The fourth-order valence-electron chi connectivity index (χ4n) is 1.94. The second kappa shape index (κ2) is 4.43. The highest BCUT2D eigenvalue weighted by molar-refractivity contribution is 7.19. The van der Waals surface area contributed by atoms with Crippen LogP contribution in [0.25, 0.3) is 10.4 Å². The molecule has 90 valence electrons. The SMILES string of the molecule is Cc1c(-c2ccncc2)sc(NC2CC2)c1C#N. The molecule has 0 bridgehead atoms. The average Bonchev–Trinajstić information content (AvgIpc) is 3.15. The Morgan fingerprint density at radius 1 is 1.39 bits per heavy atom. The second-order valence-corrected chi connectivity index (χ2v) is 5.55. The Hall–Kier alpha value is -1.86. The molecule has 3 rings (SSSR count). The van der Waals surface area contributed by atoms with Crippen LogP contribution in [0.15, 0.2) is 24.5 Å². The lowest BCUT2D eigenvalue weighted by Gasteiger charge is -1.99. The normalized spacial score (nSPS) is 14.2. The Labute approximate surface area is 110 Å². The summed E-state index contributed by atoms with van der Waals surface area (Å²) in [6.45, 7) is 2.02.